The van der Waals surface area contributed by atoms with Gasteiger partial charge in [0.05, 0.1) is 6.04 Å². The summed E-state index contributed by atoms with van der Waals surface area (Å²) in [6.45, 7) is 2.28. The van der Waals surface area contributed by atoms with Crippen molar-refractivity contribution < 1.29 is 9.52 Å². The van der Waals surface area contributed by atoms with E-state index in [9.17, 15) is 0 Å². The molecule has 92 valence electrons. The quantitative estimate of drug-likeness (QED) is 0.813. The number of hydrogen-bond acceptors (Lipinski definition) is 4. The van der Waals surface area contributed by atoms with E-state index >= 15 is 0 Å². The molecular weight excluding hydrogens is 290 g/mol. The zero-order chi connectivity index (χ0) is 12.0. The highest BCUT2D eigenvalue weighted by molar-refractivity contribution is 9.10. The molecule has 0 amide bonds. The average Bonchev–Trinajstić information content (AvgIpc) is 2.65. The van der Waals surface area contributed by atoms with Crippen LogP contribution in [0.4, 0.5) is 0 Å². The standard InChI is InChI=1S/C11H18BrNO2S/c1-8(10-3-4-11(12)15-10)13-9(5-6-14)7-16-2/h3-4,8-9,13-14H,5-7H2,1-2H3/t8-,9+/m1/s1. The van der Waals surface area contributed by atoms with Crippen molar-refractivity contribution in [1.29, 1.82) is 0 Å². The van der Waals surface area contributed by atoms with Gasteiger partial charge in [-0.1, -0.05) is 0 Å². The van der Waals surface area contributed by atoms with Crippen LogP contribution in [0.5, 0.6) is 0 Å². The van der Waals surface area contributed by atoms with Gasteiger partial charge in [0.15, 0.2) is 4.67 Å². The fraction of sp³-hybridized carbons (Fsp3) is 0.636. The molecule has 0 saturated heterocycles. The predicted molar refractivity (Wildman–Crippen MR) is 71.8 cm³/mol. The molecule has 5 heteroatoms. The highest BCUT2D eigenvalue weighted by Gasteiger charge is 2.15. The molecule has 16 heavy (non-hydrogen) atoms. The molecule has 0 fully saturated rings. The molecule has 3 nitrogen and oxygen atoms in total. The van der Waals surface area contributed by atoms with E-state index < -0.39 is 0 Å². The zero-order valence-electron chi connectivity index (χ0n) is 9.57. The maximum atomic E-state index is 8.97. The van der Waals surface area contributed by atoms with Gasteiger partial charge in [-0.3, -0.25) is 0 Å². The lowest BCUT2D eigenvalue weighted by atomic mass is 10.2. The van der Waals surface area contributed by atoms with E-state index in [1.807, 2.05) is 12.1 Å². The van der Waals surface area contributed by atoms with E-state index in [0.717, 1.165) is 22.6 Å². The number of halogens is 1. The summed E-state index contributed by atoms with van der Waals surface area (Å²) in [6, 6.07) is 4.33. The molecule has 2 atom stereocenters. The van der Waals surface area contributed by atoms with E-state index in [4.69, 9.17) is 9.52 Å². The summed E-state index contributed by atoms with van der Waals surface area (Å²) in [5.41, 5.74) is 0. The lowest BCUT2D eigenvalue weighted by Crippen LogP contribution is -2.34. The molecule has 0 aliphatic heterocycles. The van der Waals surface area contributed by atoms with Crippen LogP contribution in [0.25, 0.3) is 0 Å². The molecule has 0 bridgehead atoms. The Hall–Kier alpha value is 0.0300. The monoisotopic (exact) mass is 307 g/mol. The number of rotatable bonds is 7. The molecule has 1 aromatic rings. The molecule has 0 unspecified atom stereocenters. The van der Waals surface area contributed by atoms with Crippen molar-refractivity contribution in [1.82, 2.24) is 5.32 Å². The van der Waals surface area contributed by atoms with Crippen LogP contribution in [-0.2, 0) is 0 Å². The number of furan rings is 1. The minimum Gasteiger partial charge on any atom is -0.453 e. The molecule has 1 heterocycles. The van der Waals surface area contributed by atoms with Gasteiger partial charge in [-0.2, -0.15) is 11.8 Å². The first kappa shape index (κ1) is 14.1. The van der Waals surface area contributed by atoms with Crippen molar-refractivity contribution in [2.45, 2.75) is 25.4 Å². The van der Waals surface area contributed by atoms with Crippen LogP contribution in [0, 0.1) is 0 Å². The molecule has 2 N–H and O–H groups in total. The molecule has 0 aliphatic carbocycles. The Morgan fingerprint density at radius 2 is 2.31 bits per heavy atom. The number of hydrogen-bond donors (Lipinski definition) is 2. The first-order valence-electron chi connectivity index (χ1n) is 5.28. The maximum Gasteiger partial charge on any atom is 0.169 e. The summed E-state index contributed by atoms with van der Waals surface area (Å²) in [5.74, 6) is 1.91. The van der Waals surface area contributed by atoms with Gasteiger partial charge in [0.2, 0.25) is 0 Å². The molecule has 1 aromatic heterocycles. The number of aliphatic hydroxyl groups is 1. The fourth-order valence-electron chi connectivity index (χ4n) is 1.57. The Morgan fingerprint density at radius 3 is 2.81 bits per heavy atom. The molecule has 0 aromatic carbocycles. The second-order valence-electron chi connectivity index (χ2n) is 3.69. The Kier molecular flexibility index (Phi) is 6.49. The van der Waals surface area contributed by atoms with Crippen molar-refractivity contribution in [2.75, 3.05) is 18.6 Å². The SMILES string of the molecule is CSC[C@H](CCO)N[C@H](C)c1ccc(Br)o1. The summed E-state index contributed by atoms with van der Waals surface area (Å²) in [6.07, 6.45) is 2.84. The fourth-order valence-corrected chi connectivity index (χ4v) is 2.55. The number of nitrogens with one attached hydrogen (secondary N) is 1. The van der Waals surface area contributed by atoms with Crippen molar-refractivity contribution in [3.63, 3.8) is 0 Å². The van der Waals surface area contributed by atoms with Gasteiger partial charge in [-0.15, -0.1) is 0 Å². The van der Waals surface area contributed by atoms with Crippen LogP contribution in [0.2, 0.25) is 0 Å². The molecule has 0 saturated carbocycles. The Bertz CT molecular complexity index is 300. The van der Waals surface area contributed by atoms with Gasteiger partial charge in [0.25, 0.3) is 0 Å². The normalized spacial score (nSPS) is 15.0. The van der Waals surface area contributed by atoms with Crippen molar-refractivity contribution in [3.8, 4) is 0 Å². The largest absolute Gasteiger partial charge is 0.453 e. The first-order valence-corrected chi connectivity index (χ1v) is 7.47. The summed E-state index contributed by atoms with van der Waals surface area (Å²) < 4.78 is 6.24. The smallest absolute Gasteiger partial charge is 0.169 e. The molecule has 1 rings (SSSR count). The highest BCUT2D eigenvalue weighted by atomic mass is 79.9. The van der Waals surface area contributed by atoms with Crippen LogP contribution in [0.1, 0.15) is 25.1 Å². The number of aliphatic hydroxyl groups excluding tert-OH is 1. The van der Waals surface area contributed by atoms with Gasteiger partial charge < -0.3 is 14.8 Å². The highest BCUT2D eigenvalue weighted by Crippen LogP contribution is 2.21. The second-order valence-corrected chi connectivity index (χ2v) is 5.39. The lowest BCUT2D eigenvalue weighted by Gasteiger charge is -2.20. The van der Waals surface area contributed by atoms with E-state index in [1.54, 1.807) is 11.8 Å². The summed E-state index contributed by atoms with van der Waals surface area (Å²) in [4.78, 5) is 0. The third kappa shape index (κ3) is 4.49. The third-order valence-electron chi connectivity index (χ3n) is 2.35. The summed E-state index contributed by atoms with van der Waals surface area (Å²) in [7, 11) is 0. The lowest BCUT2D eigenvalue weighted by molar-refractivity contribution is 0.262. The Morgan fingerprint density at radius 1 is 1.56 bits per heavy atom. The van der Waals surface area contributed by atoms with Crippen LogP contribution in [0.3, 0.4) is 0 Å². The topological polar surface area (TPSA) is 45.4 Å². The molecule has 0 radical (unpaired) electrons. The van der Waals surface area contributed by atoms with Crippen molar-refractivity contribution in [2.24, 2.45) is 0 Å². The van der Waals surface area contributed by atoms with Crippen LogP contribution in [-0.4, -0.2) is 29.8 Å². The predicted octanol–water partition coefficient (Wildman–Crippen LogP) is 2.81. The van der Waals surface area contributed by atoms with E-state index in [2.05, 4.69) is 34.4 Å². The second kappa shape index (κ2) is 7.37. The van der Waals surface area contributed by atoms with E-state index in [1.165, 1.54) is 0 Å². The van der Waals surface area contributed by atoms with Gasteiger partial charge in [0.1, 0.15) is 5.76 Å². The van der Waals surface area contributed by atoms with Gasteiger partial charge >= 0.3 is 0 Å². The summed E-state index contributed by atoms with van der Waals surface area (Å²) >= 11 is 5.07. The average molecular weight is 308 g/mol. The van der Waals surface area contributed by atoms with E-state index in [0.29, 0.717) is 6.04 Å². The Balaban J connectivity index is 2.50. The van der Waals surface area contributed by atoms with Crippen LogP contribution >= 0.6 is 27.7 Å². The van der Waals surface area contributed by atoms with Gasteiger partial charge in [0, 0.05) is 18.4 Å². The molecule has 0 aliphatic rings. The third-order valence-corrected chi connectivity index (χ3v) is 3.51. The minimum atomic E-state index is 0.162. The molecular formula is C11H18BrNO2S. The minimum absolute atomic E-state index is 0.162. The maximum absolute atomic E-state index is 8.97. The van der Waals surface area contributed by atoms with Crippen LogP contribution < -0.4 is 5.32 Å². The number of thioether (sulfide) groups is 1. The van der Waals surface area contributed by atoms with Crippen molar-refractivity contribution >= 4 is 27.7 Å². The van der Waals surface area contributed by atoms with Crippen molar-refractivity contribution in [3.05, 3.63) is 22.6 Å². The molecule has 0 spiro atoms. The van der Waals surface area contributed by atoms with Gasteiger partial charge in [-0.05, 0) is 47.7 Å². The van der Waals surface area contributed by atoms with Crippen LogP contribution in [0.15, 0.2) is 21.2 Å². The first-order chi connectivity index (χ1) is 7.67. The van der Waals surface area contributed by atoms with E-state index in [-0.39, 0.29) is 12.6 Å². The Labute approximate surface area is 109 Å². The zero-order valence-corrected chi connectivity index (χ0v) is 12.0. The van der Waals surface area contributed by atoms with Gasteiger partial charge in [-0.25, -0.2) is 0 Å². The summed E-state index contributed by atoms with van der Waals surface area (Å²) in [5, 5.41) is 12.4.